The van der Waals surface area contributed by atoms with Gasteiger partial charge in [0, 0.05) is 19.0 Å². The number of nitrogens with zero attached hydrogens (tertiary/aromatic N) is 1. The Labute approximate surface area is 138 Å². The highest BCUT2D eigenvalue weighted by Gasteiger charge is 2.24. The van der Waals surface area contributed by atoms with Gasteiger partial charge in [-0.25, -0.2) is 9.18 Å². The lowest BCUT2D eigenvalue weighted by Crippen LogP contribution is -2.39. The van der Waals surface area contributed by atoms with E-state index in [0.717, 1.165) is 30.2 Å². The number of carbonyl (C=O) groups is 2. The van der Waals surface area contributed by atoms with Gasteiger partial charge >= 0.3 is 6.03 Å². The Morgan fingerprint density at radius 1 is 1.43 bits per heavy atom. The molecule has 0 saturated carbocycles. The molecule has 0 unspecified atom stereocenters. The molecule has 1 fully saturated rings. The molecule has 1 aromatic carbocycles. The van der Waals surface area contributed by atoms with Gasteiger partial charge < -0.3 is 10.1 Å². The molecule has 23 heavy (non-hydrogen) atoms. The van der Waals surface area contributed by atoms with Gasteiger partial charge in [-0.05, 0) is 18.9 Å². The van der Waals surface area contributed by atoms with Gasteiger partial charge in [0.1, 0.15) is 18.2 Å². The van der Waals surface area contributed by atoms with E-state index in [-0.39, 0.29) is 29.0 Å². The molecule has 0 atom stereocenters. The molecule has 0 spiro atoms. The van der Waals surface area contributed by atoms with Crippen molar-refractivity contribution in [1.82, 2.24) is 4.90 Å². The maximum Gasteiger partial charge on any atom is 0.328 e. The van der Waals surface area contributed by atoms with Gasteiger partial charge in [0.15, 0.2) is 0 Å². The van der Waals surface area contributed by atoms with Crippen molar-refractivity contribution in [3.63, 3.8) is 0 Å². The summed E-state index contributed by atoms with van der Waals surface area (Å²) in [7, 11) is 0. The highest BCUT2D eigenvalue weighted by molar-refractivity contribution is 6.32. The largest absolute Gasteiger partial charge is 0.479 e. The summed E-state index contributed by atoms with van der Waals surface area (Å²) in [6, 6.07) is 1.60. The van der Waals surface area contributed by atoms with Gasteiger partial charge in [-0.15, -0.1) is 6.42 Å². The summed E-state index contributed by atoms with van der Waals surface area (Å²) < 4.78 is 19.1. The van der Waals surface area contributed by atoms with Gasteiger partial charge in [0.05, 0.1) is 10.7 Å². The third kappa shape index (κ3) is 4.36. The van der Waals surface area contributed by atoms with Crippen LogP contribution in [0.5, 0.6) is 5.75 Å². The lowest BCUT2D eigenvalue weighted by Gasteiger charge is -2.19. The van der Waals surface area contributed by atoms with Crippen molar-refractivity contribution < 1.29 is 18.7 Å². The fraction of sp³-hybridized carbons (Fsp3) is 0.375. The Morgan fingerprint density at radius 3 is 2.96 bits per heavy atom. The van der Waals surface area contributed by atoms with Crippen LogP contribution >= 0.6 is 11.6 Å². The summed E-state index contributed by atoms with van der Waals surface area (Å²) in [5, 5.41) is 2.43. The van der Waals surface area contributed by atoms with Crippen LogP contribution in [0.3, 0.4) is 0 Å². The number of nitrogens with one attached hydrogen (secondary N) is 1. The summed E-state index contributed by atoms with van der Waals surface area (Å²) in [4.78, 5) is 25.2. The number of benzene rings is 1. The topological polar surface area (TPSA) is 58.6 Å². The lowest BCUT2D eigenvalue weighted by molar-refractivity contribution is -0.127. The number of urea groups is 1. The summed E-state index contributed by atoms with van der Waals surface area (Å²) in [6.45, 7) is 0.281. The second kappa shape index (κ2) is 7.84. The molecule has 1 aliphatic rings. The number of imide groups is 1. The number of ether oxygens (including phenoxy) is 1. The van der Waals surface area contributed by atoms with Gasteiger partial charge in [-0.3, -0.25) is 9.69 Å². The van der Waals surface area contributed by atoms with E-state index >= 15 is 0 Å². The molecular weight excluding hydrogens is 323 g/mol. The van der Waals surface area contributed by atoms with E-state index in [1.165, 1.54) is 6.07 Å². The van der Waals surface area contributed by atoms with Crippen molar-refractivity contribution in [2.75, 3.05) is 18.5 Å². The van der Waals surface area contributed by atoms with Crippen LogP contribution in [0.4, 0.5) is 14.9 Å². The lowest BCUT2D eigenvalue weighted by atomic mass is 10.2. The number of hydrogen-bond donors (Lipinski definition) is 1. The van der Waals surface area contributed by atoms with E-state index in [1.807, 2.05) is 0 Å². The van der Waals surface area contributed by atoms with E-state index in [1.54, 1.807) is 0 Å². The minimum absolute atomic E-state index is 0.0383. The van der Waals surface area contributed by atoms with Crippen LogP contribution in [-0.4, -0.2) is 30.0 Å². The number of amides is 3. The fourth-order valence-corrected chi connectivity index (χ4v) is 2.44. The first-order valence-electron chi connectivity index (χ1n) is 7.19. The number of terminal acetylenes is 1. The quantitative estimate of drug-likeness (QED) is 0.859. The first kappa shape index (κ1) is 17.1. The van der Waals surface area contributed by atoms with Gasteiger partial charge in [0.25, 0.3) is 0 Å². The van der Waals surface area contributed by atoms with E-state index in [2.05, 4.69) is 11.2 Å². The number of hydrogen-bond acceptors (Lipinski definition) is 3. The second-order valence-corrected chi connectivity index (χ2v) is 5.45. The monoisotopic (exact) mass is 338 g/mol. The average Bonchev–Trinajstić information content (AvgIpc) is 2.73. The van der Waals surface area contributed by atoms with Gasteiger partial charge in [-0.1, -0.05) is 23.9 Å². The molecule has 1 saturated heterocycles. The maximum absolute atomic E-state index is 14.0. The molecule has 1 aliphatic heterocycles. The molecular formula is C16H16ClFN2O3. The van der Waals surface area contributed by atoms with Crippen LogP contribution < -0.4 is 10.1 Å². The Morgan fingerprint density at radius 2 is 2.22 bits per heavy atom. The average molecular weight is 339 g/mol. The maximum atomic E-state index is 14.0. The highest BCUT2D eigenvalue weighted by Crippen LogP contribution is 2.30. The molecule has 7 heteroatoms. The molecule has 1 aromatic rings. The van der Waals surface area contributed by atoms with Crippen molar-refractivity contribution in [2.45, 2.75) is 25.7 Å². The molecule has 0 aromatic heterocycles. The summed E-state index contributed by atoms with van der Waals surface area (Å²) >= 11 is 5.86. The molecule has 1 heterocycles. The van der Waals surface area contributed by atoms with E-state index < -0.39 is 11.8 Å². The van der Waals surface area contributed by atoms with Crippen molar-refractivity contribution in [3.05, 3.63) is 23.0 Å². The number of carbonyl (C=O) groups excluding carboxylic acids is 2. The molecule has 2 rings (SSSR count). The number of rotatable bonds is 3. The van der Waals surface area contributed by atoms with E-state index in [0.29, 0.717) is 13.0 Å². The SMILES string of the molecule is C#CCOc1cc(NC(=O)N2CCCCCC2=O)c(F)cc1Cl. The molecule has 5 nitrogen and oxygen atoms in total. The summed E-state index contributed by atoms with van der Waals surface area (Å²) in [5.41, 5.74) is -0.122. The number of halogens is 2. The first-order valence-corrected chi connectivity index (χ1v) is 7.57. The van der Waals surface area contributed by atoms with Crippen LogP contribution in [0.15, 0.2) is 12.1 Å². The highest BCUT2D eigenvalue weighted by atomic mass is 35.5. The third-order valence-corrected chi connectivity index (χ3v) is 3.69. The van der Waals surface area contributed by atoms with Crippen LogP contribution in [0.2, 0.25) is 5.02 Å². The van der Waals surface area contributed by atoms with Crippen LogP contribution in [0, 0.1) is 18.2 Å². The van der Waals surface area contributed by atoms with Crippen molar-refractivity contribution >= 4 is 29.2 Å². The van der Waals surface area contributed by atoms with Gasteiger partial charge in [-0.2, -0.15) is 0 Å². The van der Waals surface area contributed by atoms with E-state index in [9.17, 15) is 14.0 Å². The zero-order valence-corrected chi connectivity index (χ0v) is 13.2. The third-order valence-electron chi connectivity index (χ3n) is 3.39. The Bertz CT molecular complexity index is 657. The minimum Gasteiger partial charge on any atom is -0.479 e. The van der Waals surface area contributed by atoms with Crippen LogP contribution in [0.1, 0.15) is 25.7 Å². The number of likely N-dealkylation sites (tertiary alicyclic amines) is 1. The molecule has 0 bridgehead atoms. The predicted molar refractivity (Wildman–Crippen MR) is 84.9 cm³/mol. The Hall–Kier alpha value is -2.26. The zero-order chi connectivity index (χ0) is 16.8. The zero-order valence-electron chi connectivity index (χ0n) is 12.4. The predicted octanol–water partition coefficient (Wildman–Crippen LogP) is 3.43. The second-order valence-electron chi connectivity index (χ2n) is 5.04. The smallest absolute Gasteiger partial charge is 0.328 e. The molecule has 0 radical (unpaired) electrons. The molecule has 122 valence electrons. The van der Waals surface area contributed by atoms with Crippen LogP contribution in [0.25, 0.3) is 0 Å². The Balaban J connectivity index is 2.16. The fourth-order valence-electron chi connectivity index (χ4n) is 2.24. The summed E-state index contributed by atoms with van der Waals surface area (Å²) in [6.07, 6.45) is 7.78. The van der Waals surface area contributed by atoms with Gasteiger partial charge in [0.2, 0.25) is 5.91 Å². The van der Waals surface area contributed by atoms with Crippen molar-refractivity contribution in [2.24, 2.45) is 0 Å². The minimum atomic E-state index is -0.723. The summed E-state index contributed by atoms with van der Waals surface area (Å²) in [5.74, 6) is 1.43. The molecule has 3 amide bonds. The Kier molecular flexibility index (Phi) is 5.83. The first-order chi connectivity index (χ1) is 11.0. The van der Waals surface area contributed by atoms with E-state index in [4.69, 9.17) is 22.8 Å². The molecule has 0 aliphatic carbocycles. The standard InChI is InChI=1S/C16H16ClFN2O3/c1-2-8-23-14-10-13(12(18)9-11(14)17)19-16(22)20-7-5-3-4-6-15(20)21/h1,9-10H,3-8H2,(H,19,22). The number of anilines is 1. The van der Waals surface area contributed by atoms with Crippen molar-refractivity contribution in [3.8, 4) is 18.1 Å². The molecule has 1 N–H and O–H groups in total. The van der Waals surface area contributed by atoms with Crippen molar-refractivity contribution in [1.29, 1.82) is 0 Å². The normalized spacial score (nSPS) is 14.8. The van der Waals surface area contributed by atoms with Crippen LogP contribution in [-0.2, 0) is 4.79 Å².